The van der Waals surface area contributed by atoms with Gasteiger partial charge in [0.25, 0.3) is 0 Å². The number of benzene rings is 8. The first kappa shape index (κ1) is 38.5. The minimum absolute atomic E-state index is 0.0294. The predicted molar refractivity (Wildman–Crippen MR) is 280 cm³/mol. The Morgan fingerprint density at radius 3 is 1.89 bits per heavy atom. The molecule has 4 heterocycles. The van der Waals surface area contributed by atoms with E-state index in [2.05, 4.69) is 218 Å². The molecule has 66 heavy (non-hydrogen) atoms. The van der Waals surface area contributed by atoms with Gasteiger partial charge in [-0.25, -0.2) is 0 Å². The minimum Gasteiger partial charge on any atom is -0.456 e. The molecule has 0 bridgehead atoms. The Morgan fingerprint density at radius 2 is 1.12 bits per heavy atom. The van der Waals surface area contributed by atoms with Gasteiger partial charge in [-0.2, -0.15) is 0 Å². The van der Waals surface area contributed by atoms with Crippen LogP contribution in [0.1, 0.15) is 103 Å². The fraction of sp³-hybridized carbons (Fsp3) is 0.226. The molecule has 14 rings (SSSR count). The molecule has 4 heteroatoms. The van der Waals surface area contributed by atoms with Gasteiger partial charge in [-0.05, 0) is 131 Å². The van der Waals surface area contributed by atoms with Gasteiger partial charge in [0.1, 0.15) is 11.2 Å². The van der Waals surface area contributed by atoms with Gasteiger partial charge in [-0.1, -0.05) is 160 Å². The minimum atomic E-state index is -0.160. The Labute approximate surface area is 387 Å². The molecule has 0 radical (unpaired) electrons. The highest BCUT2D eigenvalue weighted by Gasteiger charge is 2.48. The van der Waals surface area contributed by atoms with E-state index in [4.69, 9.17) is 4.42 Å². The number of hydrogen-bond acceptors (Lipinski definition) is 2. The Morgan fingerprint density at radius 1 is 0.455 bits per heavy atom. The Balaban J connectivity index is 1.14. The number of aromatic nitrogens is 1. The van der Waals surface area contributed by atoms with Crippen molar-refractivity contribution in [3.63, 3.8) is 0 Å². The zero-order chi connectivity index (χ0) is 45.1. The maximum atomic E-state index is 6.62. The first-order valence-electron chi connectivity index (χ1n) is 24.0. The molecule has 10 aromatic rings. The van der Waals surface area contributed by atoms with Crippen molar-refractivity contribution >= 4 is 72.9 Å². The van der Waals surface area contributed by atoms with Gasteiger partial charge >= 0.3 is 6.85 Å². The molecule has 0 amide bonds. The third kappa shape index (κ3) is 4.75. The molecule has 0 N–H and O–H groups in total. The van der Waals surface area contributed by atoms with Crippen molar-refractivity contribution in [2.24, 2.45) is 0 Å². The van der Waals surface area contributed by atoms with Crippen LogP contribution in [-0.2, 0) is 21.7 Å². The number of nitrogens with zero attached hydrogens (tertiary/aromatic N) is 2. The summed E-state index contributed by atoms with van der Waals surface area (Å²) in [5.41, 5.74) is 26.9. The second-order valence-electron chi connectivity index (χ2n) is 23.0. The smallest absolute Gasteiger partial charge is 0.333 e. The SMILES string of the molecule is CC(C)(C)c1ccc(N2B3c4cc5c(cc4-n4c6cc7c(cc6c6ccc(c3c64)-c3cc4c(cc32)-c2cc(C(C)(C)C)ccc2C4(C)C)oc2ccccc27)C(C)(C)c2ccccc2-5)cc1. The first-order valence-corrected chi connectivity index (χ1v) is 24.0. The van der Waals surface area contributed by atoms with Crippen LogP contribution in [0.15, 0.2) is 144 Å². The maximum absolute atomic E-state index is 6.62. The monoisotopic (exact) mass is 852 g/mol. The topological polar surface area (TPSA) is 21.3 Å². The molecule has 0 unspecified atom stereocenters. The standard InChI is InChI=1S/C62H53BN2O/c1-59(2,3)34-19-22-36(23-20-34)65-53-30-43-41-27-35(60(4,5)6)21-26-48(41)62(9,10)49(43)28-44(53)39-24-25-40-45-32-56-46(38-16-12-14-18-55(38)66-56)31-52(45)64-54-33-50-42(29-51(54)63(65)57(39)58(40)64)37-15-11-13-17-47(37)61(50,7)8/h11-33H,1-10H3. The number of anilines is 2. The molecule has 0 atom stereocenters. The predicted octanol–water partition coefficient (Wildman–Crippen LogP) is 15.1. The summed E-state index contributed by atoms with van der Waals surface area (Å²) >= 11 is 0. The molecule has 2 aromatic heterocycles. The Hall–Kier alpha value is -6.78. The van der Waals surface area contributed by atoms with Crippen LogP contribution < -0.4 is 15.7 Å². The highest BCUT2D eigenvalue weighted by Crippen LogP contribution is 2.56. The molecule has 4 aliphatic rings. The van der Waals surface area contributed by atoms with Crippen molar-refractivity contribution in [1.29, 1.82) is 0 Å². The average molecular weight is 853 g/mol. The van der Waals surface area contributed by atoms with Crippen molar-refractivity contribution in [2.45, 2.75) is 90.9 Å². The molecular weight excluding hydrogens is 800 g/mol. The lowest BCUT2D eigenvalue weighted by Crippen LogP contribution is -2.60. The van der Waals surface area contributed by atoms with E-state index in [-0.39, 0.29) is 28.5 Å². The highest BCUT2D eigenvalue weighted by molar-refractivity contribution is 6.93. The van der Waals surface area contributed by atoms with Crippen LogP contribution in [0.3, 0.4) is 0 Å². The van der Waals surface area contributed by atoms with E-state index in [1.54, 1.807) is 0 Å². The van der Waals surface area contributed by atoms with Gasteiger partial charge in [0, 0.05) is 55.0 Å². The zero-order valence-electron chi connectivity index (χ0n) is 39.7. The van der Waals surface area contributed by atoms with Gasteiger partial charge in [-0.15, -0.1) is 0 Å². The normalized spacial score (nSPS) is 15.9. The van der Waals surface area contributed by atoms with Gasteiger partial charge in [0.15, 0.2) is 0 Å². The number of furan rings is 1. The number of para-hydroxylation sites is 1. The van der Waals surface area contributed by atoms with Gasteiger partial charge in [0.05, 0.1) is 11.0 Å². The van der Waals surface area contributed by atoms with Crippen molar-refractivity contribution in [1.82, 2.24) is 4.57 Å². The van der Waals surface area contributed by atoms with Crippen LogP contribution >= 0.6 is 0 Å². The van der Waals surface area contributed by atoms with Gasteiger partial charge < -0.3 is 13.8 Å². The summed E-state index contributed by atoms with van der Waals surface area (Å²) in [7, 11) is 0. The molecule has 0 saturated carbocycles. The van der Waals surface area contributed by atoms with Crippen LogP contribution in [0.4, 0.5) is 11.4 Å². The summed E-state index contributed by atoms with van der Waals surface area (Å²) in [6, 6.07) is 54.3. The molecule has 320 valence electrons. The summed E-state index contributed by atoms with van der Waals surface area (Å²) in [5.74, 6) is 0. The van der Waals surface area contributed by atoms with E-state index in [1.807, 2.05) is 0 Å². The third-order valence-electron chi connectivity index (χ3n) is 16.5. The summed E-state index contributed by atoms with van der Waals surface area (Å²) in [4.78, 5) is 2.72. The molecular formula is C62H53BN2O. The number of fused-ring (bicyclic) bond motifs is 17. The third-order valence-corrected chi connectivity index (χ3v) is 16.5. The van der Waals surface area contributed by atoms with E-state index < -0.39 is 0 Å². The van der Waals surface area contributed by atoms with Crippen molar-refractivity contribution in [3.05, 3.63) is 173 Å². The molecule has 0 fully saturated rings. The summed E-state index contributed by atoms with van der Waals surface area (Å²) in [6.07, 6.45) is 0. The average Bonchev–Trinajstić information content (AvgIpc) is 3.96. The fourth-order valence-corrected chi connectivity index (χ4v) is 12.9. The molecule has 2 aliphatic heterocycles. The van der Waals surface area contributed by atoms with Crippen molar-refractivity contribution in [3.8, 4) is 39.1 Å². The van der Waals surface area contributed by atoms with E-state index in [1.165, 1.54) is 117 Å². The molecule has 0 saturated heterocycles. The van der Waals surface area contributed by atoms with E-state index >= 15 is 0 Å². The Bertz CT molecular complexity index is 3840. The van der Waals surface area contributed by atoms with Crippen molar-refractivity contribution in [2.75, 3.05) is 4.81 Å². The highest BCUT2D eigenvalue weighted by atomic mass is 16.3. The lowest BCUT2D eigenvalue weighted by atomic mass is 9.43. The first-order chi connectivity index (χ1) is 31.5. The largest absolute Gasteiger partial charge is 0.456 e. The van der Waals surface area contributed by atoms with Gasteiger partial charge in [0.2, 0.25) is 0 Å². The van der Waals surface area contributed by atoms with Crippen LogP contribution in [0.25, 0.3) is 82.8 Å². The van der Waals surface area contributed by atoms with Crippen LogP contribution in [0.2, 0.25) is 0 Å². The van der Waals surface area contributed by atoms with Crippen LogP contribution in [0, 0.1) is 0 Å². The lowest BCUT2D eigenvalue weighted by molar-refractivity contribution is 0.589. The Kier molecular flexibility index (Phi) is 7.09. The second kappa shape index (κ2) is 12.2. The second-order valence-corrected chi connectivity index (χ2v) is 23.0. The lowest BCUT2D eigenvalue weighted by Gasteiger charge is -2.43. The fourth-order valence-electron chi connectivity index (χ4n) is 12.9. The van der Waals surface area contributed by atoms with E-state index in [0.717, 1.165) is 21.9 Å². The molecule has 8 aromatic carbocycles. The number of hydrogen-bond donors (Lipinski definition) is 0. The van der Waals surface area contributed by atoms with Crippen LogP contribution in [0.5, 0.6) is 0 Å². The molecule has 0 spiro atoms. The zero-order valence-corrected chi connectivity index (χ0v) is 39.7. The summed E-state index contributed by atoms with van der Waals surface area (Å²) in [6.45, 7) is 23.5. The molecule has 3 nitrogen and oxygen atoms in total. The van der Waals surface area contributed by atoms with E-state index in [0.29, 0.717) is 0 Å². The van der Waals surface area contributed by atoms with Crippen molar-refractivity contribution < 1.29 is 4.42 Å². The quantitative estimate of drug-likeness (QED) is 0.153. The summed E-state index contributed by atoms with van der Waals surface area (Å²) < 4.78 is 9.26. The molecule has 2 aliphatic carbocycles. The van der Waals surface area contributed by atoms with Gasteiger partial charge in [-0.3, -0.25) is 0 Å². The number of rotatable bonds is 1. The maximum Gasteiger partial charge on any atom is 0.333 e. The van der Waals surface area contributed by atoms with E-state index in [9.17, 15) is 0 Å². The van der Waals surface area contributed by atoms with Crippen LogP contribution in [-0.4, -0.2) is 11.4 Å². The summed E-state index contributed by atoms with van der Waals surface area (Å²) in [5, 5.41) is 4.79.